The zero-order valence-corrected chi connectivity index (χ0v) is 21.0. The highest BCUT2D eigenvalue weighted by Gasteiger charge is 2.28. The Balaban J connectivity index is 1.20. The number of halogens is 1. The van der Waals surface area contributed by atoms with Crippen molar-refractivity contribution < 1.29 is 18.7 Å². The van der Waals surface area contributed by atoms with Gasteiger partial charge in [-0.15, -0.1) is 0 Å². The molecule has 3 heterocycles. The largest absolute Gasteiger partial charge is 0.446 e. The van der Waals surface area contributed by atoms with Crippen molar-refractivity contribution in [1.29, 1.82) is 0 Å². The van der Waals surface area contributed by atoms with Gasteiger partial charge in [0.15, 0.2) is 5.82 Å². The molecule has 198 valence electrons. The van der Waals surface area contributed by atoms with E-state index in [9.17, 15) is 18.8 Å². The Bertz CT molecular complexity index is 1350. The van der Waals surface area contributed by atoms with E-state index in [1.807, 2.05) is 0 Å². The molecule has 1 aliphatic heterocycles. The molecule has 38 heavy (non-hydrogen) atoms. The number of rotatable bonds is 6. The number of carbonyl (C=O) groups excluding carboxylic acids is 2. The quantitative estimate of drug-likeness (QED) is 0.487. The second-order valence-corrected chi connectivity index (χ2v) is 9.81. The van der Waals surface area contributed by atoms with Gasteiger partial charge in [-0.1, -0.05) is 18.2 Å². The second-order valence-electron chi connectivity index (χ2n) is 9.81. The van der Waals surface area contributed by atoms with Crippen molar-refractivity contribution in [3.8, 4) is 16.9 Å². The molecule has 2 aromatic heterocycles. The van der Waals surface area contributed by atoms with E-state index >= 15 is 0 Å². The minimum absolute atomic E-state index is 0.0228. The Hall–Kier alpha value is -4.08. The first kappa shape index (κ1) is 25.6. The lowest BCUT2D eigenvalue weighted by atomic mass is 9.88. The molecule has 0 bridgehead atoms. The number of amides is 1. The average molecular weight is 520 g/mol. The molecular formula is C28H30FN5O4. The van der Waals surface area contributed by atoms with Crippen LogP contribution >= 0.6 is 0 Å². The fraction of sp³-hybridized carbons (Fsp3) is 0.393. The predicted octanol–water partition coefficient (Wildman–Crippen LogP) is 4.20. The van der Waals surface area contributed by atoms with E-state index in [1.165, 1.54) is 10.6 Å². The van der Waals surface area contributed by atoms with Crippen LogP contribution in [0.3, 0.4) is 0 Å². The number of piperidine rings is 1. The van der Waals surface area contributed by atoms with Crippen LogP contribution < -0.4 is 10.9 Å². The molecule has 0 spiro atoms. The summed E-state index contributed by atoms with van der Waals surface area (Å²) in [5, 5.41) is 3.27. The van der Waals surface area contributed by atoms with Gasteiger partial charge in [-0.3, -0.25) is 9.36 Å². The highest BCUT2D eigenvalue weighted by molar-refractivity contribution is 5.68. The van der Waals surface area contributed by atoms with Crippen LogP contribution in [0.2, 0.25) is 0 Å². The summed E-state index contributed by atoms with van der Waals surface area (Å²) in [7, 11) is 0. The van der Waals surface area contributed by atoms with E-state index in [4.69, 9.17) is 4.74 Å². The number of carbonyl (C=O) groups is 2. The summed E-state index contributed by atoms with van der Waals surface area (Å²) in [5.41, 5.74) is 1.09. The SMILES string of the molecule is O=C[C@H]1CC[C@H](OC(=O)N2CCC(Nc3ncc(F)c(-c4cccc(-n5ccccc5=O)c4)n3)CC2)CC1. The van der Waals surface area contributed by atoms with E-state index in [0.717, 1.165) is 38.2 Å². The first-order valence-corrected chi connectivity index (χ1v) is 13.0. The van der Waals surface area contributed by atoms with Gasteiger partial charge in [0.1, 0.15) is 18.1 Å². The number of ether oxygens (including phenoxy) is 1. The van der Waals surface area contributed by atoms with Gasteiger partial charge in [-0.05, 0) is 56.7 Å². The monoisotopic (exact) mass is 519 g/mol. The van der Waals surface area contributed by atoms with Crippen molar-refractivity contribution in [1.82, 2.24) is 19.4 Å². The van der Waals surface area contributed by atoms with E-state index < -0.39 is 5.82 Å². The van der Waals surface area contributed by atoms with Crippen LogP contribution in [0.4, 0.5) is 15.1 Å². The Morgan fingerprint density at radius 2 is 1.84 bits per heavy atom. The van der Waals surface area contributed by atoms with Gasteiger partial charge in [-0.2, -0.15) is 0 Å². The number of aromatic nitrogens is 3. The smallest absolute Gasteiger partial charge is 0.410 e. The van der Waals surface area contributed by atoms with Gasteiger partial charge in [0.2, 0.25) is 5.95 Å². The lowest BCUT2D eigenvalue weighted by Gasteiger charge is -2.33. The van der Waals surface area contributed by atoms with Gasteiger partial charge < -0.3 is 19.7 Å². The fourth-order valence-corrected chi connectivity index (χ4v) is 5.03. The van der Waals surface area contributed by atoms with Crippen LogP contribution in [-0.2, 0) is 9.53 Å². The molecule has 1 aromatic carbocycles. The van der Waals surface area contributed by atoms with Crippen LogP contribution in [-0.4, -0.2) is 57.0 Å². The van der Waals surface area contributed by atoms with Gasteiger partial charge >= 0.3 is 6.09 Å². The summed E-state index contributed by atoms with van der Waals surface area (Å²) in [4.78, 5) is 46.0. The fourth-order valence-electron chi connectivity index (χ4n) is 5.03. The molecule has 3 aromatic rings. The zero-order chi connectivity index (χ0) is 26.5. The Morgan fingerprint density at radius 1 is 1.05 bits per heavy atom. The maximum absolute atomic E-state index is 14.7. The molecule has 0 unspecified atom stereocenters. The second kappa shape index (κ2) is 11.5. The molecule has 5 rings (SSSR count). The lowest BCUT2D eigenvalue weighted by molar-refractivity contribution is -0.112. The maximum Gasteiger partial charge on any atom is 0.410 e. The normalized spacial score (nSPS) is 20.1. The first-order chi connectivity index (χ1) is 18.5. The summed E-state index contributed by atoms with van der Waals surface area (Å²) in [6.45, 7) is 1.06. The van der Waals surface area contributed by atoms with E-state index in [1.54, 1.807) is 47.5 Å². The molecule has 2 aliphatic rings. The Kier molecular flexibility index (Phi) is 7.76. The van der Waals surface area contributed by atoms with Gasteiger partial charge in [-0.25, -0.2) is 19.2 Å². The zero-order valence-electron chi connectivity index (χ0n) is 21.0. The molecular weight excluding hydrogens is 489 g/mol. The highest BCUT2D eigenvalue weighted by Crippen LogP contribution is 2.27. The van der Waals surface area contributed by atoms with Gasteiger partial charge in [0.25, 0.3) is 5.56 Å². The van der Waals surface area contributed by atoms with Crippen LogP contribution in [0.25, 0.3) is 16.9 Å². The van der Waals surface area contributed by atoms with E-state index in [0.29, 0.717) is 43.1 Å². The molecule has 2 fully saturated rings. The third kappa shape index (κ3) is 5.90. The van der Waals surface area contributed by atoms with Gasteiger partial charge in [0.05, 0.1) is 6.20 Å². The number of hydrogen-bond donors (Lipinski definition) is 1. The molecule has 1 N–H and O–H groups in total. The molecule has 1 aliphatic carbocycles. The predicted molar refractivity (Wildman–Crippen MR) is 140 cm³/mol. The van der Waals surface area contributed by atoms with E-state index in [2.05, 4.69) is 15.3 Å². The summed E-state index contributed by atoms with van der Waals surface area (Å²) >= 11 is 0. The molecule has 10 heteroatoms. The molecule has 0 radical (unpaired) electrons. The first-order valence-electron chi connectivity index (χ1n) is 13.0. The number of nitrogens with one attached hydrogen (secondary N) is 1. The van der Waals surface area contributed by atoms with Crippen molar-refractivity contribution in [3.05, 3.63) is 71.0 Å². The van der Waals surface area contributed by atoms with Crippen LogP contribution in [0.1, 0.15) is 38.5 Å². The van der Waals surface area contributed by atoms with Crippen molar-refractivity contribution in [2.75, 3.05) is 18.4 Å². The molecule has 1 amide bonds. The number of nitrogens with zero attached hydrogens (tertiary/aromatic N) is 4. The van der Waals surface area contributed by atoms with Crippen LogP contribution in [0.15, 0.2) is 59.7 Å². The summed E-state index contributed by atoms with van der Waals surface area (Å²) in [6.07, 6.45) is 7.69. The lowest BCUT2D eigenvalue weighted by Crippen LogP contribution is -2.44. The van der Waals surface area contributed by atoms with Crippen molar-refractivity contribution in [2.45, 2.75) is 50.7 Å². The van der Waals surface area contributed by atoms with Crippen LogP contribution in [0.5, 0.6) is 0 Å². The third-order valence-electron chi connectivity index (χ3n) is 7.23. The van der Waals surface area contributed by atoms with Crippen molar-refractivity contribution in [2.24, 2.45) is 5.92 Å². The minimum Gasteiger partial charge on any atom is -0.446 e. The number of likely N-dealkylation sites (tertiary alicyclic amines) is 1. The molecule has 1 saturated carbocycles. The Labute approximate surface area is 219 Å². The van der Waals surface area contributed by atoms with Crippen molar-refractivity contribution in [3.63, 3.8) is 0 Å². The summed E-state index contributed by atoms with van der Waals surface area (Å²) in [5.74, 6) is -0.178. The number of aldehydes is 1. The van der Waals surface area contributed by atoms with E-state index in [-0.39, 0.29) is 35.4 Å². The molecule has 1 saturated heterocycles. The topological polar surface area (TPSA) is 106 Å². The van der Waals surface area contributed by atoms with Crippen molar-refractivity contribution >= 4 is 18.3 Å². The summed E-state index contributed by atoms with van der Waals surface area (Å²) in [6, 6.07) is 11.9. The minimum atomic E-state index is -0.562. The number of anilines is 1. The molecule has 9 nitrogen and oxygen atoms in total. The Morgan fingerprint density at radius 3 is 2.58 bits per heavy atom. The van der Waals surface area contributed by atoms with Gasteiger partial charge in [0, 0.05) is 48.6 Å². The highest BCUT2D eigenvalue weighted by atomic mass is 19.1. The molecule has 0 atom stereocenters. The average Bonchev–Trinajstić information content (AvgIpc) is 2.95. The third-order valence-corrected chi connectivity index (χ3v) is 7.23. The maximum atomic E-state index is 14.7. The van der Waals surface area contributed by atoms with Crippen LogP contribution in [0, 0.1) is 11.7 Å². The number of benzene rings is 1. The number of hydrogen-bond acceptors (Lipinski definition) is 7. The number of pyridine rings is 1. The summed E-state index contributed by atoms with van der Waals surface area (Å²) < 4.78 is 21.9. The standard InChI is InChI=1S/C28H30FN5O4/c29-24-17-30-27(32-26(24)20-4-3-5-22(16-20)34-13-2-1-6-25(34)36)31-21-11-14-33(15-12-21)28(37)38-23-9-7-19(18-35)8-10-23/h1-6,13,16-19,21,23H,7-12,14-15H2,(H,30,31,32)/t19-,23-.